The van der Waals surface area contributed by atoms with Crippen molar-refractivity contribution >= 4 is 34.7 Å². The number of rotatable bonds is 3. The molecule has 0 saturated carbocycles. The number of nitrogens with zero attached hydrogens (tertiary/aromatic N) is 2. The standard InChI is InChI=1S/C8H10Cl2N2O2/c1-11-8(10)12-2-6(9)3-14-7-4-13-5-7/h2-3,7H,4-5H2,1H3/b6-3-,11-8-,12-2-. The van der Waals surface area contributed by atoms with Crippen LogP contribution >= 0.6 is 23.2 Å². The normalized spacial score (nSPS) is 19.9. The number of hydrogen-bond acceptors (Lipinski definition) is 3. The molecule has 1 fully saturated rings. The Labute approximate surface area is 92.2 Å². The molecular formula is C8H10Cl2N2O2. The Balaban J connectivity index is 2.31. The van der Waals surface area contributed by atoms with E-state index in [1.807, 2.05) is 0 Å². The summed E-state index contributed by atoms with van der Waals surface area (Å²) in [5, 5.41) is 0.502. The summed E-state index contributed by atoms with van der Waals surface area (Å²) in [5.74, 6) is 0. The van der Waals surface area contributed by atoms with Crippen LogP contribution in [0.1, 0.15) is 0 Å². The zero-order chi connectivity index (χ0) is 10.4. The minimum Gasteiger partial charge on any atom is -0.492 e. The number of ether oxygens (including phenoxy) is 2. The summed E-state index contributed by atoms with van der Waals surface area (Å²) in [5.41, 5.74) is 0. The summed E-state index contributed by atoms with van der Waals surface area (Å²) in [6.07, 6.45) is 2.89. The topological polar surface area (TPSA) is 43.2 Å². The van der Waals surface area contributed by atoms with Gasteiger partial charge in [-0.1, -0.05) is 11.6 Å². The fraction of sp³-hybridized carbons (Fsp3) is 0.500. The lowest BCUT2D eigenvalue weighted by Crippen LogP contribution is -2.34. The van der Waals surface area contributed by atoms with Gasteiger partial charge >= 0.3 is 0 Å². The van der Waals surface area contributed by atoms with Crippen LogP contribution in [0.4, 0.5) is 0 Å². The summed E-state index contributed by atoms with van der Waals surface area (Å²) in [7, 11) is 1.54. The molecule has 0 unspecified atom stereocenters. The Kier molecular flexibility index (Phi) is 4.93. The fourth-order valence-electron chi connectivity index (χ4n) is 0.657. The minimum atomic E-state index is 0.104. The van der Waals surface area contributed by atoms with Crippen molar-refractivity contribution in [3.8, 4) is 0 Å². The van der Waals surface area contributed by atoms with Crippen LogP contribution in [-0.2, 0) is 9.47 Å². The first-order chi connectivity index (χ1) is 6.72. The van der Waals surface area contributed by atoms with Gasteiger partial charge in [0.1, 0.15) is 12.4 Å². The highest BCUT2D eigenvalue weighted by Crippen LogP contribution is 2.08. The largest absolute Gasteiger partial charge is 0.492 e. The second-order valence-corrected chi connectivity index (χ2v) is 3.32. The number of aliphatic imine (C=N–C) groups is 2. The maximum Gasteiger partial charge on any atom is 0.217 e. The zero-order valence-corrected chi connectivity index (χ0v) is 9.12. The van der Waals surface area contributed by atoms with Crippen molar-refractivity contribution in [2.75, 3.05) is 20.3 Å². The first-order valence-electron chi connectivity index (χ1n) is 3.97. The second kappa shape index (κ2) is 6.01. The van der Waals surface area contributed by atoms with Gasteiger partial charge in [-0.15, -0.1) is 0 Å². The quantitative estimate of drug-likeness (QED) is 0.325. The number of amidine groups is 1. The van der Waals surface area contributed by atoms with Gasteiger partial charge in [0.05, 0.1) is 24.5 Å². The highest BCUT2D eigenvalue weighted by atomic mass is 35.5. The van der Waals surface area contributed by atoms with Crippen LogP contribution < -0.4 is 0 Å². The van der Waals surface area contributed by atoms with E-state index >= 15 is 0 Å². The average molecular weight is 237 g/mol. The van der Waals surface area contributed by atoms with Gasteiger partial charge in [-0.2, -0.15) is 0 Å². The molecule has 0 amide bonds. The minimum absolute atomic E-state index is 0.104. The van der Waals surface area contributed by atoms with E-state index in [0.29, 0.717) is 18.2 Å². The van der Waals surface area contributed by atoms with Gasteiger partial charge in [0, 0.05) is 7.05 Å². The predicted molar refractivity (Wildman–Crippen MR) is 57.3 cm³/mol. The third-order valence-corrected chi connectivity index (χ3v) is 1.91. The van der Waals surface area contributed by atoms with Crippen molar-refractivity contribution < 1.29 is 9.47 Å². The summed E-state index contributed by atoms with van der Waals surface area (Å²) in [6, 6.07) is 0. The van der Waals surface area contributed by atoms with E-state index in [2.05, 4.69) is 9.98 Å². The van der Waals surface area contributed by atoms with E-state index < -0.39 is 0 Å². The van der Waals surface area contributed by atoms with E-state index in [0.717, 1.165) is 0 Å². The van der Waals surface area contributed by atoms with E-state index in [9.17, 15) is 0 Å². The summed E-state index contributed by atoms with van der Waals surface area (Å²) >= 11 is 11.3. The monoisotopic (exact) mass is 236 g/mol. The molecule has 4 nitrogen and oxygen atoms in total. The molecule has 1 aliphatic rings. The van der Waals surface area contributed by atoms with Crippen LogP contribution in [0, 0.1) is 0 Å². The molecule has 6 heteroatoms. The van der Waals surface area contributed by atoms with Crippen molar-refractivity contribution in [3.63, 3.8) is 0 Å². The van der Waals surface area contributed by atoms with E-state index in [4.69, 9.17) is 32.7 Å². The molecule has 0 atom stereocenters. The summed E-state index contributed by atoms with van der Waals surface area (Å²) in [6.45, 7) is 1.21. The highest BCUT2D eigenvalue weighted by molar-refractivity contribution is 6.65. The number of halogens is 2. The lowest BCUT2D eigenvalue weighted by atomic mass is 10.3. The Morgan fingerprint density at radius 3 is 2.71 bits per heavy atom. The molecule has 1 aliphatic heterocycles. The lowest BCUT2D eigenvalue weighted by Gasteiger charge is -2.24. The maximum absolute atomic E-state index is 5.74. The van der Waals surface area contributed by atoms with Crippen molar-refractivity contribution in [1.29, 1.82) is 0 Å². The third kappa shape index (κ3) is 4.09. The third-order valence-electron chi connectivity index (χ3n) is 1.46. The molecule has 0 aromatic rings. The molecule has 14 heavy (non-hydrogen) atoms. The Hall–Kier alpha value is -0.580. The molecule has 0 aliphatic carbocycles. The number of allylic oxidation sites excluding steroid dienone is 1. The van der Waals surface area contributed by atoms with E-state index in [1.54, 1.807) is 7.05 Å². The molecule has 0 N–H and O–H groups in total. The van der Waals surface area contributed by atoms with Gasteiger partial charge in [0.25, 0.3) is 0 Å². The zero-order valence-electron chi connectivity index (χ0n) is 7.61. The van der Waals surface area contributed by atoms with Gasteiger partial charge in [-0.05, 0) is 11.6 Å². The van der Waals surface area contributed by atoms with E-state index in [-0.39, 0.29) is 11.4 Å². The van der Waals surface area contributed by atoms with Crippen molar-refractivity contribution in [1.82, 2.24) is 0 Å². The van der Waals surface area contributed by atoms with Gasteiger partial charge in [-0.3, -0.25) is 4.99 Å². The van der Waals surface area contributed by atoms with Crippen LogP contribution in [0.3, 0.4) is 0 Å². The van der Waals surface area contributed by atoms with Gasteiger partial charge in [0.2, 0.25) is 5.29 Å². The van der Waals surface area contributed by atoms with Gasteiger partial charge < -0.3 is 9.47 Å². The molecule has 0 bridgehead atoms. The van der Waals surface area contributed by atoms with Crippen molar-refractivity contribution in [3.05, 3.63) is 11.3 Å². The summed E-state index contributed by atoms with van der Waals surface area (Å²) < 4.78 is 10.1. The number of hydrogen-bond donors (Lipinski definition) is 0. The molecule has 78 valence electrons. The van der Waals surface area contributed by atoms with Crippen molar-refractivity contribution in [2.24, 2.45) is 9.98 Å². The van der Waals surface area contributed by atoms with Crippen LogP contribution in [0.2, 0.25) is 0 Å². The molecule has 0 spiro atoms. The van der Waals surface area contributed by atoms with Crippen LogP contribution in [0.25, 0.3) is 0 Å². The molecule has 0 aromatic heterocycles. The Bertz CT molecular complexity index is 273. The van der Waals surface area contributed by atoms with E-state index in [1.165, 1.54) is 12.5 Å². The van der Waals surface area contributed by atoms with Crippen LogP contribution in [-0.4, -0.2) is 37.9 Å². The molecule has 1 rings (SSSR count). The predicted octanol–water partition coefficient (Wildman–Crippen LogP) is 1.78. The van der Waals surface area contributed by atoms with Crippen molar-refractivity contribution in [2.45, 2.75) is 6.10 Å². The maximum atomic E-state index is 5.74. The highest BCUT2D eigenvalue weighted by Gasteiger charge is 2.18. The second-order valence-electron chi connectivity index (χ2n) is 2.55. The smallest absolute Gasteiger partial charge is 0.217 e. The molecule has 1 heterocycles. The molecule has 1 saturated heterocycles. The first kappa shape index (κ1) is 11.5. The lowest BCUT2D eigenvalue weighted by molar-refractivity contribution is -0.0993. The first-order valence-corrected chi connectivity index (χ1v) is 4.73. The van der Waals surface area contributed by atoms with Gasteiger partial charge in [-0.25, -0.2) is 4.99 Å². The Morgan fingerprint density at radius 1 is 1.50 bits per heavy atom. The summed E-state index contributed by atoms with van der Waals surface area (Å²) in [4.78, 5) is 7.36. The molecular weight excluding hydrogens is 227 g/mol. The van der Waals surface area contributed by atoms with Gasteiger partial charge in [0.15, 0.2) is 0 Å². The average Bonchev–Trinajstić information content (AvgIpc) is 2.11. The fourth-order valence-corrected chi connectivity index (χ4v) is 0.806. The Morgan fingerprint density at radius 2 is 2.21 bits per heavy atom. The molecule has 0 aromatic carbocycles. The van der Waals surface area contributed by atoms with Crippen LogP contribution in [0.5, 0.6) is 0 Å². The molecule has 0 radical (unpaired) electrons. The SMILES string of the molecule is C\N=C(Cl)/N=C\C(Cl)=C\OC1COC1. The van der Waals surface area contributed by atoms with Crippen LogP contribution in [0.15, 0.2) is 21.3 Å².